The molecule has 0 unspecified atom stereocenters. The number of amides is 2. The predicted octanol–water partition coefficient (Wildman–Crippen LogP) is 4.95. The van der Waals surface area contributed by atoms with Gasteiger partial charge in [0.25, 0.3) is 5.91 Å². The summed E-state index contributed by atoms with van der Waals surface area (Å²) in [5, 5.41) is 0.609. The lowest BCUT2D eigenvalue weighted by molar-refractivity contribution is -0.139. The second kappa shape index (κ2) is 11.8. The number of carbonyl (C=O) groups excluding carboxylic acids is 2. The van der Waals surface area contributed by atoms with Gasteiger partial charge in [0.05, 0.1) is 6.61 Å². The summed E-state index contributed by atoms with van der Waals surface area (Å²) >= 11 is 5.90. The fraction of sp³-hybridized carbons (Fsp3) is 0.481. The molecule has 188 valence electrons. The van der Waals surface area contributed by atoms with Crippen LogP contribution in [0.1, 0.15) is 38.5 Å². The van der Waals surface area contributed by atoms with Crippen LogP contribution in [0.2, 0.25) is 5.02 Å². The van der Waals surface area contributed by atoms with E-state index in [2.05, 4.69) is 0 Å². The summed E-state index contributed by atoms with van der Waals surface area (Å²) in [5.74, 6) is 0.911. The molecule has 0 spiro atoms. The summed E-state index contributed by atoms with van der Waals surface area (Å²) in [6, 6.07) is 12.8. The van der Waals surface area contributed by atoms with Crippen LogP contribution in [0.3, 0.4) is 0 Å². The lowest BCUT2D eigenvalue weighted by Crippen LogP contribution is -2.49. The number of carbonyl (C=O) groups is 2. The van der Waals surface area contributed by atoms with Gasteiger partial charge in [-0.3, -0.25) is 9.59 Å². The summed E-state index contributed by atoms with van der Waals surface area (Å²) in [6.45, 7) is 2.97. The third-order valence-electron chi connectivity index (χ3n) is 6.95. The van der Waals surface area contributed by atoms with E-state index in [1.807, 2.05) is 4.90 Å². The normalized spacial score (nSPS) is 17.7. The molecule has 2 heterocycles. The van der Waals surface area contributed by atoms with Crippen molar-refractivity contribution in [2.45, 2.75) is 38.5 Å². The zero-order valence-electron chi connectivity index (χ0n) is 19.9. The van der Waals surface area contributed by atoms with E-state index in [0.717, 1.165) is 32.4 Å². The maximum absolute atomic E-state index is 13.3. The van der Waals surface area contributed by atoms with E-state index in [1.165, 1.54) is 12.1 Å². The Labute approximate surface area is 210 Å². The van der Waals surface area contributed by atoms with Crippen molar-refractivity contribution in [2.75, 3.05) is 39.4 Å². The Hall–Kier alpha value is -2.80. The van der Waals surface area contributed by atoms with E-state index < -0.39 is 0 Å². The molecule has 0 N–H and O–H groups in total. The zero-order chi connectivity index (χ0) is 24.7. The molecule has 2 aromatic carbocycles. The maximum Gasteiger partial charge on any atom is 0.260 e. The summed E-state index contributed by atoms with van der Waals surface area (Å²) in [6.07, 6.45) is 4.94. The first-order chi connectivity index (χ1) is 16.9. The Bertz CT molecular complexity index is 985. The molecule has 0 saturated carbocycles. The first kappa shape index (κ1) is 25.3. The van der Waals surface area contributed by atoms with Gasteiger partial charge in [-0.15, -0.1) is 0 Å². The first-order valence-electron chi connectivity index (χ1n) is 12.2. The van der Waals surface area contributed by atoms with Crippen molar-refractivity contribution in [3.63, 3.8) is 0 Å². The Balaban J connectivity index is 1.36. The molecule has 2 aliphatic heterocycles. The van der Waals surface area contributed by atoms with Gasteiger partial charge in [0.15, 0.2) is 6.61 Å². The average molecular weight is 503 g/mol. The van der Waals surface area contributed by atoms with Crippen LogP contribution in [-0.4, -0.2) is 61.0 Å². The highest BCUT2D eigenvalue weighted by Gasteiger charge is 2.40. The van der Waals surface area contributed by atoms with E-state index in [0.29, 0.717) is 55.5 Å². The Kier molecular flexibility index (Phi) is 8.50. The quantitative estimate of drug-likeness (QED) is 0.512. The molecule has 35 heavy (non-hydrogen) atoms. The van der Waals surface area contributed by atoms with Crippen molar-refractivity contribution in [1.82, 2.24) is 9.80 Å². The molecule has 2 amide bonds. The van der Waals surface area contributed by atoms with E-state index in [1.54, 1.807) is 41.3 Å². The van der Waals surface area contributed by atoms with Crippen LogP contribution in [0.25, 0.3) is 0 Å². The number of halogens is 2. The molecule has 4 rings (SSSR count). The number of rotatable bonds is 8. The van der Waals surface area contributed by atoms with Crippen LogP contribution >= 0.6 is 11.6 Å². The molecule has 0 radical (unpaired) electrons. The first-order valence-corrected chi connectivity index (χ1v) is 12.6. The minimum absolute atomic E-state index is 0.0482. The molecule has 6 nitrogen and oxygen atoms in total. The van der Waals surface area contributed by atoms with Crippen molar-refractivity contribution in [3.05, 3.63) is 59.4 Å². The summed E-state index contributed by atoms with van der Waals surface area (Å²) in [7, 11) is 0. The molecule has 2 saturated heterocycles. The van der Waals surface area contributed by atoms with Gasteiger partial charge in [-0.1, -0.05) is 11.6 Å². The molecule has 0 atom stereocenters. The van der Waals surface area contributed by atoms with Gasteiger partial charge < -0.3 is 19.3 Å². The van der Waals surface area contributed by atoms with Crippen molar-refractivity contribution >= 4 is 23.4 Å². The number of likely N-dealkylation sites (tertiary alicyclic amines) is 2. The molecular formula is C27H32ClFN2O4. The topological polar surface area (TPSA) is 59.1 Å². The van der Waals surface area contributed by atoms with Crippen LogP contribution in [-0.2, 0) is 9.59 Å². The number of hydrogen-bond acceptors (Lipinski definition) is 4. The van der Waals surface area contributed by atoms with Gasteiger partial charge >= 0.3 is 0 Å². The largest absolute Gasteiger partial charge is 0.493 e. The Morgan fingerprint density at radius 1 is 0.800 bits per heavy atom. The maximum atomic E-state index is 13.3. The SMILES string of the molecule is O=C(COc1ccc(Cl)cc1)N1CCC(COc2ccc(F)cc2)(CC(=O)N2CCCCC2)CC1. The summed E-state index contributed by atoms with van der Waals surface area (Å²) < 4.78 is 24.9. The van der Waals surface area contributed by atoms with Crippen molar-refractivity contribution < 1.29 is 23.5 Å². The molecular weight excluding hydrogens is 471 g/mol. The van der Waals surface area contributed by atoms with E-state index in [-0.39, 0.29) is 29.7 Å². The molecule has 0 aromatic heterocycles. The highest BCUT2D eigenvalue weighted by Crippen LogP contribution is 2.37. The second-order valence-electron chi connectivity index (χ2n) is 9.48. The van der Waals surface area contributed by atoms with Crippen LogP contribution in [0.4, 0.5) is 4.39 Å². The highest BCUT2D eigenvalue weighted by atomic mass is 35.5. The van der Waals surface area contributed by atoms with Gasteiger partial charge in [-0.2, -0.15) is 0 Å². The van der Waals surface area contributed by atoms with Crippen LogP contribution < -0.4 is 9.47 Å². The van der Waals surface area contributed by atoms with Gasteiger partial charge in [0.2, 0.25) is 5.91 Å². The van der Waals surface area contributed by atoms with Gasteiger partial charge in [-0.25, -0.2) is 4.39 Å². The monoisotopic (exact) mass is 502 g/mol. The predicted molar refractivity (Wildman–Crippen MR) is 132 cm³/mol. The molecule has 2 aliphatic rings. The molecule has 0 aliphatic carbocycles. The van der Waals surface area contributed by atoms with Crippen molar-refractivity contribution in [2.24, 2.45) is 5.41 Å². The number of hydrogen-bond donors (Lipinski definition) is 0. The standard InChI is InChI=1S/C27H32ClFN2O4/c28-21-4-8-23(9-5-21)34-19-26(33)31-16-12-27(13-17-31,18-25(32)30-14-2-1-3-15-30)20-35-24-10-6-22(29)7-11-24/h4-11H,1-3,12-20H2. The second-order valence-corrected chi connectivity index (χ2v) is 9.92. The summed E-state index contributed by atoms with van der Waals surface area (Å²) in [5.41, 5.74) is -0.378. The fourth-order valence-corrected chi connectivity index (χ4v) is 4.84. The van der Waals surface area contributed by atoms with Crippen molar-refractivity contribution in [1.29, 1.82) is 0 Å². The summed E-state index contributed by atoms with van der Waals surface area (Å²) in [4.78, 5) is 29.6. The lowest BCUT2D eigenvalue weighted by Gasteiger charge is -2.42. The Morgan fingerprint density at radius 3 is 2.03 bits per heavy atom. The zero-order valence-corrected chi connectivity index (χ0v) is 20.6. The minimum atomic E-state index is -0.378. The average Bonchev–Trinajstić information content (AvgIpc) is 2.89. The number of piperidine rings is 2. The van der Waals surface area contributed by atoms with Crippen LogP contribution in [0, 0.1) is 11.2 Å². The fourth-order valence-electron chi connectivity index (χ4n) is 4.71. The van der Waals surface area contributed by atoms with Crippen molar-refractivity contribution in [3.8, 4) is 11.5 Å². The van der Waals surface area contributed by atoms with E-state index in [4.69, 9.17) is 21.1 Å². The van der Waals surface area contributed by atoms with E-state index >= 15 is 0 Å². The van der Waals surface area contributed by atoms with Gasteiger partial charge in [0, 0.05) is 43.0 Å². The molecule has 8 heteroatoms. The molecule has 2 fully saturated rings. The highest BCUT2D eigenvalue weighted by molar-refractivity contribution is 6.30. The number of nitrogens with zero attached hydrogens (tertiary/aromatic N) is 2. The van der Waals surface area contributed by atoms with Gasteiger partial charge in [-0.05, 0) is 80.6 Å². The van der Waals surface area contributed by atoms with Gasteiger partial charge in [0.1, 0.15) is 17.3 Å². The molecule has 2 aromatic rings. The van der Waals surface area contributed by atoms with Crippen LogP contribution in [0.15, 0.2) is 48.5 Å². The minimum Gasteiger partial charge on any atom is -0.493 e. The lowest BCUT2D eigenvalue weighted by atomic mass is 9.75. The number of benzene rings is 2. The number of ether oxygens (including phenoxy) is 2. The smallest absolute Gasteiger partial charge is 0.260 e. The van der Waals surface area contributed by atoms with Crippen LogP contribution in [0.5, 0.6) is 11.5 Å². The molecule has 0 bridgehead atoms. The van der Waals surface area contributed by atoms with E-state index in [9.17, 15) is 14.0 Å². The Morgan fingerprint density at radius 2 is 1.37 bits per heavy atom. The third-order valence-corrected chi connectivity index (χ3v) is 7.20. The third kappa shape index (κ3) is 7.10.